The van der Waals surface area contributed by atoms with Crippen LogP contribution >= 0.6 is 22.9 Å². The quantitative estimate of drug-likeness (QED) is 0.563. The third kappa shape index (κ3) is 5.02. The van der Waals surface area contributed by atoms with Crippen LogP contribution in [0.1, 0.15) is 15.4 Å². The van der Waals surface area contributed by atoms with Crippen molar-refractivity contribution in [3.8, 4) is 0 Å². The van der Waals surface area contributed by atoms with Crippen LogP contribution in [-0.4, -0.2) is 16.9 Å². The van der Waals surface area contributed by atoms with E-state index in [0.29, 0.717) is 27.0 Å². The molecule has 27 heavy (non-hydrogen) atoms. The molecule has 3 aromatic rings. The molecule has 1 aromatic heterocycles. The van der Waals surface area contributed by atoms with Crippen molar-refractivity contribution >= 4 is 51.4 Å². The number of amides is 3. The van der Waals surface area contributed by atoms with Gasteiger partial charge in [0, 0.05) is 16.4 Å². The van der Waals surface area contributed by atoms with E-state index in [4.69, 9.17) is 11.6 Å². The second-order valence-electron chi connectivity index (χ2n) is 5.48. The summed E-state index contributed by atoms with van der Waals surface area (Å²) >= 11 is 6.91. The number of aromatic nitrogens is 1. The van der Waals surface area contributed by atoms with Gasteiger partial charge >= 0.3 is 6.03 Å². The zero-order valence-corrected chi connectivity index (χ0v) is 15.6. The molecule has 0 bridgehead atoms. The van der Waals surface area contributed by atoms with Crippen LogP contribution in [0, 0.1) is 12.7 Å². The van der Waals surface area contributed by atoms with Gasteiger partial charge in [-0.2, -0.15) is 0 Å². The fraction of sp³-hybridized carbons (Fsp3) is 0.0556. The van der Waals surface area contributed by atoms with Crippen molar-refractivity contribution in [1.29, 1.82) is 0 Å². The van der Waals surface area contributed by atoms with E-state index < -0.39 is 6.03 Å². The van der Waals surface area contributed by atoms with Crippen LogP contribution in [0.3, 0.4) is 0 Å². The highest BCUT2D eigenvalue weighted by Crippen LogP contribution is 2.24. The molecule has 0 aliphatic heterocycles. The van der Waals surface area contributed by atoms with Crippen molar-refractivity contribution in [3.05, 3.63) is 69.9 Å². The van der Waals surface area contributed by atoms with Crippen molar-refractivity contribution in [1.82, 2.24) is 4.98 Å². The van der Waals surface area contributed by atoms with Gasteiger partial charge in [0.25, 0.3) is 5.91 Å². The van der Waals surface area contributed by atoms with Crippen molar-refractivity contribution in [3.63, 3.8) is 0 Å². The number of halogens is 2. The Morgan fingerprint density at radius 2 is 1.78 bits per heavy atom. The van der Waals surface area contributed by atoms with E-state index in [-0.39, 0.29) is 16.9 Å². The van der Waals surface area contributed by atoms with E-state index >= 15 is 0 Å². The molecule has 0 spiro atoms. The van der Waals surface area contributed by atoms with E-state index in [1.54, 1.807) is 31.2 Å². The van der Waals surface area contributed by atoms with E-state index in [0.717, 1.165) is 11.3 Å². The summed E-state index contributed by atoms with van der Waals surface area (Å²) in [6.45, 7) is 1.66. The number of benzene rings is 2. The molecule has 138 valence electrons. The van der Waals surface area contributed by atoms with Gasteiger partial charge in [-0.05, 0) is 49.4 Å². The van der Waals surface area contributed by atoms with Crippen LogP contribution < -0.4 is 16.0 Å². The Kier molecular flexibility index (Phi) is 5.68. The molecule has 0 aliphatic carbocycles. The second kappa shape index (κ2) is 8.15. The Labute approximate surface area is 163 Å². The largest absolute Gasteiger partial charge is 0.325 e. The van der Waals surface area contributed by atoms with Crippen molar-refractivity contribution in [2.45, 2.75) is 6.92 Å². The summed E-state index contributed by atoms with van der Waals surface area (Å²) in [5.74, 6) is -0.779. The summed E-state index contributed by atoms with van der Waals surface area (Å²) in [4.78, 5) is 29.0. The zero-order valence-electron chi connectivity index (χ0n) is 14.0. The number of thiazole rings is 1. The van der Waals surface area contributed by atoms with Gasteiger partial charge in [0.05, 0.1) is 5.69 Å². The molecule has 2 aromatic carbocycles. The van der Waals surface area contributed by atoms with Crippen LogP contribution in [0.2, 0.25) is 5.02 Å². The summed E-state index contributed by atoms with van der Waals surface area (Å²) in [6.07, 6.45) is 0. The highest BCUT2D eigenvalue weighted by molar-refractivity contribution is 7.17. The van der Waals surface area contributed by atoms with E-state index in [1.807, 2.05) is 0 Å². The lowest BCUT2D eigenvalue weighted by Crippen LogP contribution is -2.19. The first-order chi connectivity index (χ1) is 12.9. The predicted octanol–water partition coefficient (Wildman–Crippen LogP) is 5.14. The highest BCUT2D eigenvalue weighted by atomic mass is 35.5. The van der Waals surface area contributed by atoms with Gasteiger partial charge < -0.3 is 10.6 Å². The minimum absolute atomic E-state index is 0.274. The second-order valence-corrected chi connectivity index (χ2v) is 6.92. The Morgan fingerprint density at radius 1 is 1.04 bits per heavy atom. The van der Waals surface area contributed by atoms with Crippen LogP contribution in [0.4, 0.5) is 25.7 Å². The maximum absolute atomic E-state index is 12.9. The van der Waals surface area contributed by atoms with E-state index in [1.165, 1.54) is 24.3 Å². The van der Waals surface area contributed by atoms with Gasteiger partial charge in [-0.25, -0.2) is 14.2 Å². The molecule has 0 aliphatic rings. The topological polar surface area (TPSA) is 83.1 Å². The molecule has 3 amide bonds. The van der Waals surface area contributed by atoms with Gasteiger partial charge in [-0.1, -0.05) is 29.0 Å². The lowest BCUT2D eigenvalue weighted by Gasteiger charge is -2.05. The molecule has 0 radical (unpaired) electrons. The van der Waals surface area contributed by atoms with Gasteiger partial charge in [-0.3, -0.25) is 10.1 Å². The lowest BCUT2D eigenvalue weighted by atomic mass is 10.3. The molecule has 0 unspecified atom stereocenters. The number of nitrogens with one attached hydrogen (secondary N) is 3. The maximum atomic E-state index is 12.9. The molecule has 3 N–H and O–H groups in total. The number of anilines is 3. The summed E-state index contributed by atoms with van der Waals surface area (Å²) in [7, 11) is 0. The Bertz CT molecular complexity index is 991. The minimum Gasteiger partial charge on any atom is -0.321 e. The standard InChI is InChI=1S/C18H14ClFN4O2S/c1-10-15(16(25)22-13-7-5-12(20)6-8-13)27-18(21-10)24-17(26)23-14-4-2-3-11(19)9-14/h2-9H,1H3,(H,22,25)(H2,21,23,24,26). The average molecular weight is 405 g/mol. The normalized spacial score (nSPS) is 10.3. The number of carbonyl (C=O) groups is 2. The summed E-state index contributed by atoms with van der Waals surface area (Å²) in [5.41, 5.74) is 1.46. The molecule has 6 nitrogen and oxygen atoms in total. The number of carbonyl (C=O) groups excluding carboxylic acids is 2. The molecule has 9 heteroatoms. The summed E-state index contributed by atoms with van der Waals surface area (Å²) in [6, 6.07) is 11.6. The van der Waals surface area contributed by atoms with Crippen molar-refractivity contribution in [2.75, 3.05) is 16.0 Å². The van der Waals surface area contributed by atoms with Gasteiger partial charge in [0.1, 0.15) is 10.7 Å². The van der Waals surface area contributed by atoms with Gasteiger partial charge in [-0.15, -0.1) is 0 Å². The van der Waals surface area contributed by atoms with E-state index in [2.05, 4.69) is 20.9 Å². The molecule has 0 fully saturated rings. The number of aryl methyl sites for hydroxylation is 1. The number of hydrogen-bond donors (Lipinski definition) is 3. The van der Waals surface area contributed by atoms with E-state index in [9.17, 15) is 14.0 Å². The number of urea groups is 1. The van der Waals surface area contributed by atoms with Crippen LogP contribution in [0.5, 0.6) is 0 Å². The first-order valence-electron chi connectivity index (χ1n) is 7.78. The molecule has 0 saturated carbocycles. The number of nitrogens with zero attached hydrogens (tertiary/aromatic N) is 1. The molecular formula is C18H14ClFN4O2S. The maximum Gasteiger partial charge on any atom is 0.325 e. The third-order valence-corrected chi connectivity index (χ3v) is 4.71. The fourth-order valence-electron chi connectivity index (χ4n) is 2.21. The fourth-order valence-corrected chi connectivity index (χ4v) is 3.25. The van der Waals surface area contributed by atoms with Crippen LogP contribution in [-0.2, 0) is 0 Å². The molecule has 3 rings (SSSR count). The molecule has 0 saturated heterocycles. The van der Waals surface area contributed by atoms with Gasteiger partial charge in [0.2, 0.25) is 0 Å². The van der Waals surface area contributed by atoms with Gasteiger partial charge in [0.15, 0.2) is 5.13 Å². The minimum atomic E-state index is -0.503. The Morgan fingerprint density at radius 3 is 2.48 bits per heavy atom. The monoisotopic (exact) mass is 404 g/mol. The summed E-state index contributed by atoms with van der Waals surface area (Å²) < 4.78 is 12.9. The Hall–Kier alpha value is -2.97. The summed E-state index contributed by atoms with van der Waals surface area (Å²) in [5, 5.41) is 8.65. The number of rotatable bonds is 4. The Balaban J connectivity index is 1.65. The van der Waals surface area contributed by atoms with Crippen LogP contribution in [0.15, 0.2) is 48.5 Å². The van der Waals surface area contributed by atoms with Crippen molar-refractivity contribution < 1.29 is 14.0 Å². The average Bonchev–Trinajstić information content (AvgIpc) is 2.97. The number of hydrogen-bond acceptors (Lipinski definition) is 4. The third-order valence-electron chi connectivity index (χ3n) is 3.41. The predicted molar refractivity (Wildman–Crippen MR) is 105 cm³/mol. The zero-order chi connectivity index (χ0) is 19.4. The molecular weight excluding hydrogens is 391 g/mol. The molecule has 0 atom stereocenters. The van der Waals surface area contributed by atoms with Crippen molar-refractivity contribution in [2.24, 2.45) is 0 Å². The lowest BCUT2D eigenvalue weighted by molar-refractivity contribution is 0.102. The first-order valence-corrected chi connectivity index (χ1v) is 8.98. The smallest absolute Gasteiger partial charge is 0.321 e. The SMILES string of the molecule is Cc1nc(NC(=O)Nc2cccc(Cl)c2)sc1C(=O)Nc1ccc(F)cc1. The molecule has 1 heterocycles. The highest BCUT2D eigenvalue weighted by Gasteiger charge is 2.17. The first kappa shape index (κ1) is 18.8. The van der Waals surface area contributed by atoms with Crippen LogP contribution in [0.25, 0.3) is 0 Å².